The minimum absolute atomic E-state index is 0.0199. The normalized spacial score (nSPS) is 11.0. The number of pyridine rings is 1. The second kappa shape index (κ2) is 6.56. The summed E-state index contributed by atoms with van der Waals surface area (Å²) in [5.41, 5.74) is 5.73. The van der Waals surface area contributed by atoms with Gasteiger partial charge in [0.15, 0.2) is 0 Å². The molecule has 3 N–H and O–H groups in total. The molecule has 20 heavy (non-hydrogen) atoms. The Labute approximate surface area is 122 Å². The molecule has 110 valence electrons. The lowest BCUT2D eigenvalue weighted by molar-refractivity contribution is 0.0936. The van der Waals surface area contributed by atoms with E-state index in [1.165, 1.54) is 6.07 Å². The molecular formula is C13H18ClN3O3. The number of nitrogens with zero attached hydrogens (tertiary/aromatic N) is 1. The molecule has 0 aliphatic heterocycles. The SMILES string of the molecule is CC(C)(C)c1cc(C(=O)NCCOC(N)=O)cc(Cl)n1. The molecule has 1 aromatic heterocycles. The first-order chi connectivity index (χ1) is 9.20. The molecule has 1 rings (SSSR count). The zero-order valence-corrected chi connectivity index (χ0v) is 12.5. The number of nitrogens with one attached hydrogen (secondary N) is 1. The highest BCUT2D eigenvalue weighted by Crippen LogP contribution is 2.23. The van der Waals surface area contributed by atoms with Gasteiger partial charge in [-0.3, -0.25) is 4.79 Å². The number of amides is 2. The van der Waals surface area contributed by atoms with Crippen LogP contribution in [-0.4, -0.2) is 30.1 Å². The number of nitrogens with two attached hydrogens (primary N) is 1. The van der Waals surface area contributed by atoms with Crippen LogP contribution >= 0.6 is 11.6 Å². The quantitative estimate of drug-likeness (QED) is 0.655. The average molecular weight is 300 g/mol. The molecule has 0 radical (unpaired) electrons. The van der Waals surface area contributed by atoms with E-state index in [9.17, 15) is 9.59 Å². The van der Waals surface area contributed by atoms with Crippen molar-refractivity contribution in [2.75, 3.05) is 13.2 Å². The van der Waals surface area contributed by atoms with Crippen molar-refractivity contribution in [3.63, 3.8) is 0 Å². The van der Waals surface area contributed by atoms with Crippen molar-refractivity contribution in [2.24, 2.45) is 5.73 Å². The van der Waals surface area contributed by atoms with Gasteiger partial charge in [-0.2, -0.15) is 0 Å². The van der Waals surface area contributed by atoms with E-state index in [1.54, 1.807) is 6.07 Å². The number of hydrogen-bond donors (Lipinski definition) is 2. The van der Waals surface area contributed by atoms with Crippen molar-refractivity contribution in [2.45, 2.75) is 26.2 Å². The van der Waals surface area contributed by atoms with Gasteiger partial charge in [0.25, 0.3) is 5.91 Å². The lowest BCUT2D eigenvalue weighted by Gasteiger charge is -2.18. The Morgan fingerprint density at radius 3 is 2.60 bits per heavy atom. The highest BCUT2D eigenvalue weighted by Gasteiger charge is 2.18. The van der Waals surface area contributed by atoms with E-state index in [0.29, 0.717) is 5.56 Å². The maximum absolute atomic E-state index is 12.0. The lowest BCUT2D eigenvalue weighted by Crippen LogP contribution is -2.29. The summed E-state index contributed by atoms with van der Waals surface area (Å²) in [6.07, 6.45) is -0.874. The van der Waals surface area contributed by atoms with Gasteiger partial charge in [0.05, 0.1) is 6.54 Å². The molecule has 0 fully saturated rings. The summed E-state index contributed by atoms with van der Waals surface area (Å²) in [7, 11) is 0. The topological polar surface area (TPSA) is 94.3 Å². The van der Waals surface area contributed by atoms with Crippen LogP contribution < -0.4 is 11.1 Å². The van der Waals surface area contributed by atoms with Crippen LogP contribution in [0.25, 0.3) is 0 Å². The van der Waals surface area contributed by atoms with Gasteiger partial charge in [0.1, 0.15) is 11.8 Å². The Bertz CT molecular complexity index is 512. The Hall–Kier alpha value is -1.82. The van der Waals surface area contributed by atoms with Crippen molar-refractivity contribution in [1.29, 1.82) is 0 Å². The van der Waals surface area contributed by atoms with Crippen molar-refractivity contribution in [1.82, 2.24) is 10.3 Å². The summed E-state index contributed by atoms with van der Waals surface area (Å²) in [6.45, 7) is 6.13. The van der Waals surface area contributed by atoms with E-state index in [4.69, 9.17) is 17.3 Å². The molecule has 1 aromatic rings. The van der Waals surface area contributed by atoms with Gasteiger partial charge in [0.2, 0.25) is 0 Å². The number of primary amides is 1. The monoisotopic (exact) mass is 299 g/mol. The van der Waals surface area contributed by atoms with E-state index in [0.717, 1.165) is 5.69 Å². The molecule has 7 heteroatoms. The van der Waals surface area contributed by atoms with Gasteiger partial charge in [-0.1, -0.05) is 32.4 Å². The number of ether oxygens (including phenoxy) is 1. The fourth-order valence-corrected chi connectivity index (χ4v) is 1.64. The molecule has 1 heterocycles. The van der Waals surface area contributed by atoms with Crippen LogP contribution in [0.5, 0.6) is 0 Å². The molecule has 2 amide bonds. The van der Waals surface area contributed by atoms with Crippen LogP contribution in [0.2, 0.25) is 5.15 Å². The number of carbonyl (C=O) groups is 2. The minimum atomic E-state index is -0.874. The van der Waals surface area contributed by atoms with E-state index in [2.05, 4.69) is 15.0 Å². The fraction of sp³-hybridized carbons (Fsp3) is 0.462. The maximum atomic E-state index is 12.0. The van der Waals surface area contributed by atoms with Gasteiger partial charge in [-0.05, 0) is 12.1 Å². The third kappa shape index (κ3) is 5.05. The number of aromatic nitrogens is 1. The molecule has 0 saturated carbocycles. The van der Waals surface area contributed by atoms with Crippen LogP contribution in [0.1, 0.15) is 36.8 Å². The van der Waals surface area contributed by atoms with Gasteiger partial charge >= 0.3 is 6.09 Å². The lowest BCUT2D eigenvalue weighted by atomic mass is 9.91. The van der Waals surface area contributed by atoms with Crippen molar-refractivity contribution in [3.8, 4) is 0 Å². The standard InChI is InChI=1S/C13H18ClN3O3/c1-13(2,3)9-6-8(7-10(14)17-9)11(18)16-4-5-20-12(15)19/h6-7H,4-5H2,1-3H3,(H2,15,19)(H,16,18). The van der Waals surface area contributed by atoms with E-state index < -0.39 is 6.09 Å². The third-order valence-electron chi connectivity index (χ3n) is 2.46. The van der Waals surface area contributed by atoms with Gasteiger partial charge < -0.3 is 15.8 Å². The number of halogens is 1. The molecular weight excluding hydrogens is 282 g/mol. The largest absolute Gasteiger partial charge is 0.448 e. The number of hydrogen-bond acceptors (Lipinski definition) is 4. The Morgan fingerprint density at radius 2 is 2.05 bits per heavy atom. The van der Waals surface area contributed by atoms with Crippen LogP contribution in [0.4, 0.5) is 4.79 Å². The highest BCUT2D eigenvalue weighted by molar-refractivity contribution is 6.29. The smallest absolute Gasteiger partial charge is 0.404 e. The summed E-state index contributed by atoms with van der Waals surface area (Å²) in [6, 6.07) is 3.18. The summed E-state index contributed by atoms with van der Waals surface area (Å²) in [4.78, 5) is 26.5. The Balaban J connectivity index is 2.73. The Kier molecular flexibility index (Phi) is 5.33. The molecule has 0 unspecified atom stereocenters. The fourth-order valence-electron chi connectivity index (χ4n) is 1.43. The van der Waals surface area contributed by atoms with E-state index >= 15 is 0 Å². The molecule has 0 aromatic carbocycles. The van der Waals surface area contributed by atoms with E-state index in [1.807, 2.05) is 20.8 Å². The third-order valence-corrected chi connectivity index (χ3v) is 2.65. The van der Waals surface area contributed by atoms with Crippen molar-refractivity contribution in [3.05, 3.63) is 28.5 Å². The first-order valence-corrected chi connectivity index (χ1v) is 6.46. The van der Waals surface area contributed by atoms with Gasteiger partial charge in [0, 0.05) is 16.7 Å². The molecule has 0 saturated heterocycles. The van der Waals surface area contributed by atoms with E-state index in [-0.39, 0.29) is 29.6 Å². The first-order valence-electron chi connectivity index (χ1n) is 6.08. The minimum Gasteiger partial charge on any atom is -0.448 e. The van der Waals surface area contributed by atoms with Gasteiger partial charge in [-0.25, -0.2) is 9.78 Å². The number of rotatable bonds is 4. The highest BCUT2D eigenvalue weighted by atomic mass is 35.5. The summed E-state index contributed by atoms with van der Waals surface area (Å²) in [5.74, 6) is -0.312. The second-order valence-electron chi connectivity index (χ2n) is 5.24. The zero-order valence-electron chi connectivity index (χ0n) is 11.7. The summed E-state index contributed by atoms with van der Waals surface area (Å²) in [5, 5.41) is 2.86. The Morgan fingerprint density at radius 1 is 1.40 bits per heavy atom. The number of carbonyl (C=O) groups excluding carboxylic acids is 2. The van der Waals surface area contributed by atoms with Crippen LogP contribution in [0.15, 0.2) is 12.1 Å². The summed E-state index contributed by atoms with van der Waals surface area (Å²) < 4.78 is 4.52. The molecule has 0 aliphatic carbocycles. The van der Waals surface area contributed by atoms with Gasteiger partial charge in [-0.15, -0.1) is 0 Å². The second-order valence-corrected chi connectivity index (χ2v) is 5.62. The predicted molar refractivity (Wildman–Crippen MR) is 75.8 cm³/mol. The van der Waals surface area contributed by atoms with Crippen LogP contribution in [0, 0.1) is 0 Å². The molecule has 0 bridgehead atoms. The maximum Gasteiger partial charge on any atom is 0.404 e. The predicted octanol–water partition coefficient (Wildman–Crippen LogP) is 1.86. The molecule has 0 atom stereocenters. The van der Waals surface area contributed by atoms with Crippen molar-refractivity contribution < 1.29 is 14.3 Å². The first kappa shape index (κ1) is 16.2. The average Bonchev–Trinajstić information content (AvgIpc) is 2.32. The van der Waals surface area contributed by atoms with Crippen LogP contribution in [0.3, 0.4) is 0 Å². The van der Waals surface area contributed by atoms with Crippen LogP contribution in [-0.2, 0) is 10.2 Å². The van der Waals surface area contributed by atoms with Crippen molar-refractivity contribution >= 4 is 23.6 Å². The molecule has 6 nitrogen and oxygen atoms in total. The summed E-state index contributed by atoms with van der Waals surface area (Å²) >= 11 is 5.93. The zero-order chi connectivity index (χ0) is 15.3. The molecule has 0 aliphatic rings. The molecule has 0 spiro atoms.